The Kier molecular flexibility index (Phi) is 3.74. The van der Waals surface area contributed by atoms with E-state index in [1.807, 2.05) is 12.1 Å². The largest absolute Gasteiger partial charge is 0.473 e. The zero-order valence-corrected chi connectivity index (χ0v) is 13.4. The van der Waals surface area contributed by atoms with Crippen molar-refractivity contribution in [2.45, 2.75) is 24.9 Å². The summed E-state index contributed by atoms with van der Waals surface area (Å²) in [7, 11) is 0. The average Bonchev–Trinajstić information content (AvgIpc) is 3.30. The van der Waals surface area contributed by atoms with Gasteiger partial charge in [-0.1, -0.05) is 23.7 Å². The average molecular weight is 333 g/mol. The minimum atomic E-state index is -0.354. The first kappa shape index (κ1) is 14.9. The van der Waals surface area contributed by atoms with E-state index in [1.54, 1.807) is 12.1 Å². The predicted octanol–water partition coefficient (Wildman–Crippen LogP) is 3.70. The molecule has 1 saturated heterocycles. The van der Waals surface area contributed by atoms with E-state index in [4.69, 9.17) is 16.3 Å². The molecule has 0 radical (unpaired) electrons. The van der Waals surface area contributed by atoms with Crippen LogP contribution in [-0.2, 0) is 12.0 Å². The number of halogens is 2. The van der Waals surface area contributed by atoms with E-state index in [9.17, 15) is 4.39 Å². The van der Waals surface area contributed by atoms with Crippen LogP contribution in [0.1, 0.15) is 24.1 Å². The van der Waals surface area contributed by atoms with Gasteiger partial charge < -0.3 is 10.1 Å². The summed E-state index contributed by atoms with van der Waals surface area (Å²) in [5.41, 5.74) is 1.82. The maximum Gasteiger partial charge on any atom is 0.213 e. The SMILES string of the molecule is Fc1cc(Cl)ccc1COc1cccc(C23CCNCC2C3)n1. The molecular formula is C18H18ClFN2O. The third kappa shape index (κ3) is 2.81. The van der Waals surface area contributed by atoms with Crippen molar-refractivity contribution in [3.8, 4) is 5.88 Å². The van der Waals surface area contributed by atoms with Crippen molar-refractivity contribution < 1.29 is 9.13 Å². The second kappa shape index (κ2) is 5.77. The highest BCUT2D eigenvalue weighted by Gasteiger charge is 2.57. The Morgan fingerprint density at radius 2 is 2.26 bits per heavy atom. The Hall–Kier alpha value is -1.65. The molecule has 0 spiro atoms. The highest BCUT2D eigenvalue weighted by atomic mass is 35.5. The van der Waals surface area contributed by atoms with Gasteiger partial charge >= 0.3 is 0 Å². The van der Waals surface area contributed by atoms with Crippen molar-refractivity contribution in [3.05, 3.63) is 58.5 Å². The van der Waals surface area contributed by atoms with E-state index in [0.29, 0.717) is 22.4 Å². The van der Waals surface area contributed by atoms with Crippen LogP contribution in [0.3, 0.4) is 0 Å². The molecule has 120 valence electrons. The van der Waals surface area contributed by atoms with Gasteiger partial charge in [-0.25, -0.2) is 9.37 Å². The molecular weight excluding hydrogens is 315 g/mol. The lowest BCUT2D eigenvalue weighted by molar-refractivity contribution is 0.285. The van der Waals surface area contributed by atoms with E-state index in [-0.39, 0.29) is 17.8 Å². The lowest BCUT2D eigenvalue weighted by atomic mass is 9.92. The molecule has 1 saturated carbocycles. The number of piperidine rings is 1. The number of hydrogen-bond acceptors (Lipinski definition) is 3. The smallest absolute Gasteiger partial charge is 0.213 e. The van der Waals surface area contributed by atoms with Crippen LogP contribution < -0.4 is 10.1 Å². The molecule has 1 aliphatic heterocycles. The minimum Gasteiger partial charge on any atom is -0.473 e. The van der Waals surface area contributed by atoms with Gasteiger partial charge in [0.25, 0.3) is 0 Å². The van der Waals surface area contributed by atoms with Crippen LogP contribution in [0.4, 0.5) is 4.39 Å². The lowest BCUT2D eigenvalue weighted by Gasteiger charge is -2.22. The second-order valence-corrected chi connectivity index (χ2v) is 6.83. The van der Waals surface area contributed by atoms with Crippen LogP contribution in [0.15, 0.2) is 36.4 Å². The number of nitrogens with zero attached hydrogens (tertiary/aromatic N) is 1. The fraction of sp³-hybridized carbons (Fsp3) is 0.389. The zero-order chi connectivity index (χ0) is 15.9. The topological polar surface area (TPSA) is 34.1 Å². The number of fused-ring (bicyclic) bond motifs is 1. The molecule has 23 heavy (non-hydrogen) atoms. The third-order valence-electron chi connectivity index (χ3n) is 4.99. The molecule has 2 atom stereocenters. The summed E-state index contributed by atoms with van der Waals surface area (Å²) < 4.78 is 19.5. The van der Waals surface area contributed by atoms with Crippen molar-refractivity contribution in [1.29, 1.82) is 0 Å². The fourth-order valence-electron chi connectivity index (χ4n) is 3.55. The molecule has 2 heterocycles. The molecule has 1 aliphatic carbocycles. The summed E-state index contributed by atoms with van der Waals surface area (Å²) in [5, 5.41) is 3.82. The standard InChI is InChI=1S/C18H18ClFN2O/c19-14-5-4-12(15(20)8-14)11-23-17-3-1-2-16(22-17)18-6-7-21-10-13(18)9-18/h1-5,8,13,21H,6-7,9-11H2. The van der Waals surface area contributed by atoms with Gasteiger partial charge in [0.15, 0.2) is 0 Å². The molecule has 2 fully saturated rings. The summed E-state index contributed by atoms with van der Waals surface area (Å²) in [5.74, 6) is 0.885. The summed E-state index contributed by atoms with van der Waals surface area (Å²) in [6.45, 7) is 2.26. The van der Waals surface area contributed by atoms with Crippen LogP contribution in [0.25, 0.3) is 0 Å². The van der Waals surface area contributed by atoms with Crippen molar-refractivity contribution in [2.24, 2.45) is 5.92 Å². The predicted molar refractivity (Wildman–Crippen MR) is 87.3 cm³/mol. The summed E-state index contributed by atoms with van der Waals surface area (Å²) >= 11 is 5.76. The Morgan fingerprint density at radius 3 is 3.09 bits per heavy atom. The number of hydrogen-bond donors (Lipinski definition) is 1. The fourth-order valence-corrected chi connectivity index (χ4v) is 3.71. The van der Waals surface area contributed by atoms with Crippen LogP contribution >= 0.6 is 11.6 Å². The molecule has 0 amide bonds. The highest BCUT2D eigenvalue weighted by molar-refractivity contribution is 6.30. The number of nitrogens with one attached hydrogen (secondary N) is 1. The number of ether oxygens (including phenoxy) is 1. The molecule has 0 bridgehead atoms. The number of rotatable bonds is 4. The molecule has 3 nitrogen and oxygen atoms in total. The molecule has 4 rings (SSSR count). The van der Waals surface area contributed by atoms with Gasteiger partial charge in [0.1, 0.15) is 12.4 Å². The normalized spacial score (nSPS) is 25.7. The van der Waals surface area contributed by atoms with E-state index < -0.39 is 0 Å². The van der Waals surface area contributed by atoms with Crippen LogP contribution in [0.5, 0.6) is 5.88 Å². The Balaban J connectivity index is 1.49. The Morgan fingerprint density at radius 1 is 1.35 bits per heavy atom. The van der Waals surface area contributed by atoms with Gasteiger partial charge in [0.05, 0.1) is 5.69 Å². The Bertz CT molecular complexity index is 739. The van der Waals surface area contributed by atoms with E-state index in [1.165, 1.54) is 12.5 Å². The van der Waals surface area contributed by atoms with Gasteiger partial charge in [0.2, 0.25) is 5.88 Å². The van der Waals surface area contributed by atoms with Gasteiger partial charge in [0, 0.05) is 22.1 Å². The van der Waals surface area contributed by atoms with Gasteiger partial charge in [-0.15, -0.1) is 0 Å². The number of benzene rings is 1. The molecule has 1 aromatic heterocycles. The minimum absolute atomic E-state index is 0.150. The van der Waals surface area contributed by atoms with Crippen molar-refractivity contribution >= 4 is 11.6 Å². The van der Waals surface area contributed by atoms with Crippen LogP contribution in [0, 0.1) is 11.7 Å². The zero-order valence-electron chi connectivity index (χ0n) is 12.7. The van der Waals surface area contributed by atoms with E-state index >= 15 is 0 Å². The van der Waals surface area contributed by atoms with Crippen LogP contribution in [-0.4, -0.2) is 18.1 Å². The summed E-state index contributed by atoms with van der Waals surface area (Å²) in [6.07, 6.45) is 2.32. The second-order valence-electron chi connectivity index (χ2n) is 6.40. The van der Waals surface area contributed by atoms with Gasteiger partial charge in [-0.2, -0.15) is 0 Å². The molecule has 5 heteroatoms. The molecule has 1 N–H and O–H groups in total. The first-order chi connectivity index (χ1) is 11.2. The first-order valence-electron chi connectivity index (χ1n) is 7.92. The van der Waals surface area contributed by atoms with Gasteiger partial charge in [-0.3, -0.25) is 0 Å². The summed E-state index contributed by atoms with van der Waals surface area (Å²) in [6, 6.07) is 10.5. The number of aromatic nitrogens is 1. The maximum absolute atomic E-state index is 13.8. The monoisotopic (exact) mass is 332 g/mol. The molecule has 1 aromatic carbocycles. The van der Waals surface area contributed by atoms with Crippen molar-refractivity contribution in [1.82, 2.24) is 10.3 Å². The van der Waals surface area contributed by atoms with Crippen LogP contribution in [0.2, 0.25) is 5.02 Å². The van der Waals surface area contributed by atoms with E-state index in [0.717, 1.165) is 25.2 Å². The highest BCUT2D eigenvalue weighted by Crippen LogP contribution is 2.57. The van der Waals surface area contributed by atoms with Gasteiger partial charge in [-0.05, 0) is 50.0 Å². The van der Waals surface area contributed by atoms with Crippen molar-refractivity contribution in [3.63, 3.8) is 0 Å². The first-order valence-corrected chi connectivity index (χ1v) is 8.30. The molecule has 2 aromatic rings. The third-order valence-corrected chi connectivity index (χ3v) is 5.23. The molecule has 2 aliphatic rings. The Labute approximate surface area is 139 Å². The quantitative estimate of drug-likeness (QED) is 0.927. The number of pyridine rings is 1. The lowest BCUT2D eigenvalue weighted by Crippen LogP contribution is -2.31. The van der Waals surface area contributed by atoms with E-state index in [2.05, 4.69) is 16.4 Å². The van der Waals surface area contributed by atoms with Crippen molar-refractivity contribution in [2.75, 3.05) is 13.1 Å². The molecule has 2 unspecified atom stereocenters. The maximum atomic E-state index is 13.8. The summed E-state index contributed by atoms with van der Waals surface area (Å²) in [4.78, 5) is 4.67.